The molecular formula is C13H8Br2N2O3. The molecule has 20 heavy (non-hydrogen) atoms. The van der Waals surface area contributed by atoms with E-state index in [0.29, 0.717) is 5.69 Å². The molecule has 1 aromatic heterocycles. The average Bonchev–Trinajstić information content (AvgIpc) is 2.43. The van der Waals surface area contributed by atoms with Crippen molar-refractivity contribution in [3.63, 3.8) is 0 Å². The largest absolute Gasteiger partial charge is 0.478 e. The standard InChI is InChI=1S/C13H8Br2N2O3/c14-8-2-1-3-9(15)11(8)17-12(18)10-5-4-7(6-16-10)13(19)20/h1-6H,(H,17,18)(H,19,20). The van der Waals surface area contributed by atoms with Crippen molar-refractivity contribution in [3.05, 3.63) is 56.7 Å². The van der Waals surface area contributed by atoms with Gasteiger partial charge >= 0.3 is 5.97 Å². The Morgan fingerprint density at radius 2 is 1.75 bits per heavy atom. The Morgan fingerprint density at radius 1 is 1.10 bits per heavy atom. The maximum absolute atomic E-state index is 12.0. The van der Waals surface area contributed by atoms with Crippen LogP contribution in [0.25, 0.3) is 0 Å². The molecule has 1 aromatic carbocycles. The predicted octanol–water partition coefficient (Wildman–Crippen LogP) is 3.56. The van der Waals surface area contributed by atoms with Crippen molar-refractivity contribution in [1.82, 2.24) is 4.98 Å². The molecule has 0 bridgehead atoms. The van der Waals surface area contributed by atoms with E-state index in [1.807, 2.05) is 6.07 Å². The Morgan fingerprint density at radius 3 is 2.25 bits per heavy atom. The topological polar surface area (TPSA) is 79.3 Å². The quantitative estimate of drug-likeness (QED) is 0.826. The lowest BCUT2D eigenvalue weighted by molar-refractivity contribution is 0.0696. The summed E-state index contributed by atoms with van der Waals surface area (Å²) in [5.74, 6) is -1.51. The third kappa shape index (κ3) is 3.23. The van der Waals surface area contributed by atoms with Gasteiger partial charge in [0.1, 0.15) is 5.69 Å². The van der Waals surface area contributed by atoms with Gasteiger partial charge in [0.2, 0.25) is 0 Å². The van der Waals surface area contributed by atoms with Crippen LogP contribution in [0.4, 0.5) is 5.69 Å². The molecule has 2 rings (SSSR count). The second-order valence-corrected chi connectivity index (χ2v) is 5.50. The van der Waals surface area contributed by atoms with Gasteiger partial charge in [-0.1, -0.05) is 6.07 Å². The summed E-state index contributed by atoms with van der Waals surface area (Å²) < 4.78 is 1.45. The lowest BCUT2D eigenvalue weighted by atomic mass is 10.2. The molecule has 1 amide bonds. The monoisotopic (exact) mass is 398 g/mol. The average molecular weight is 400 g/mol. The van der Waals surface area contributed by atoms with Crippen molar-refractivity contribution >= 4 is 49.4 Å². The van der Waals surface area contributed by atoms with Gasteiger partial charge in [0.05, 0.1) is 11.3 Å². The number of benzene rings is 1. The van der Waals surface area contributed by atoms with Crippen LogP contribution in [0.2, 0.25) is 0 Å². The van der Waals surface area contributed by atoms with E-state index in [-0.39, 0.29) is 11.3 Å². The smallest absolute Gasteiger partial charge is 0.337 e. The number of hydrogen-bond donors (Lipinski definition) is 2. The first kappa shape index (κ1) is 14.7. The summed E-state index contributed by atoms with van der Waals surface area (Å²) in [7, 11) is 0. The highest BCUT2D eigenvalue weighted by atomic mass is 79.9. The fourth-order valence-electron chi connectivity index (χ4n) is 1.45. The minimum absolute atomic E-state index is 0.0311. The highest BCUT2D eigenvalue weighted by Crippen LogP contribution is 2.30. The third-order valence-electron chi connectivity index (χ3n) is 2.44. The maximum Gasteiger partial charge on any atom is 0.337 e. The number of rotatable bonds is 3. The van der Waals surface area contributed by atoms with Crippen LogP contribution in [-0.4, -0.2) is 22.0 Å². The minimum atomic E-state index is -1.09. The molecule has 0 spiro atoms. The lowest BCUT2D eigenvalue weighted by Gasteiger charge is -2.09. The molecule has 102 valence electrons. The number of hydrogen-bond acceptors (Lipinski definition) is 3. The second-order valence-electron chi connectivity index (χ2n) is 3.79. The predicted molar refractivity (Wildman–Crippen MR) is 81.0 cm³/mol. The molecule has 0 radical (unpaired) electrons. The van der Waals surface area contributed by atoms with E-state index in [2.05, 4.69) is 42.2 Å². The molecule has 0 fully saturated rings. The molecule has 0 unspecified atom stereocenters. The second kappa shape index (κ2) is 6.15. The Bertz CT molecular complexity index is 652. The van der Waals surface area contributed by atoms with Crippen molar-refractivity contribution in [2.45, 2.75) is 0 Å². The molecule has 7 heteroatoms. The summed E-state index contributed by atoms with van der Waals surface area (Å²) in [6, 6.07) is 8.11. The van der Waals surface area contributed by atoms with Gasteiger partial charge in [0.25, 0.3) is 5.91 Å². The van der Waals surface area contributed by atoms with Crippen LogP contribution in [0.15, 0.2) is 45.5 Å². The number of para-hydroxylation sites is 1. The van der Waals surface area contributed by atoms with Gasteiger partial charge in [-0.25, -0.2) is 4.79 Å². The van der Waals surface area contributed by atoms with Crippen LogP contribution in [-0.2, 0) is 0 Å². The Balaban J connectivity index is 2.22. The maximum atomic E-state index is 12.0. The van der Waals surface area contributed by atoms with Gasteiger partial charge in [-0.3, -0.25) is 9.78 Å². The fourth-order valence-corrected chi connectivity index (χ4v) is 2.65. The molecule has 0 aliphatic heterocycles. The van der Waals surface area contributed by atoms with Crippen LogP contribution in [0.3, 0.4) is 0 Å². The highest BCUT2D eigenvalue weighted by molar-refractivity contribution is 9.11. The summed E-state index contributed by atoms with van der Waals surface area (Å²) in [5, 5.41) is 11.5. The molecule has 0 saturated heterocycles. The van der Waals surface area contributed by atoms with E-state index < -0.39 is 11.9 Å². The lowest BCUT2D eigenvalue weighted by Crippen LogP contribution is -2.14. The summed E-state index contributed by atoms with van der Waals surface area (Å²) in [6.07, 6.45) is 1.15. The van der Waals surface area contributed by atoms with Crippen LogP contribution >= 0.6 is 31.9 Å². The van der Waals surface area contributed by atoms with E-state index in [0.717, 1.165) is 15.1 Å². The number of carboxylic acid groups (broad SMARTS) is 1. The van der Waals surface area contributed by atoms with Crippen LogP contribution in [0.1, 0.15) is 20.8 Å². The normalized spacial score (nSPS) is 10.1. The molecule has 2 N–H and O–H groups in total. The molecule has 0 atom stereocenters. The number of nitrogens with one attached hydrogen (secondary N) is 1. The van der Waals surface area contributed by atoms with Gasteiger partial charge in [0, 0.05) is 15.1 Å². The van der Waals surface area contributed by atoms with Crippen molar-refractivity contribution in [2.75, 3.05) is 5.32 Å². The molecule has 1 heterocycles. The van der Waals surface area contributed by atoms with E-state index >= 15 is 0 Å². The molecule has 0 aliphatic rings. The molecule has 0 aliphatic carbocycles. The Kier molecular flexibility index (Phi) is 4.51. The van der Waals surface area contributed by atoms with Gasteiger partial charge in [0.15, 0.2) is 0 Å². The Hall–Kier alpha value is -1.73. The molecule has 0 saturated carbocycles. The van der Waals surface area contributed by atoms with Crippen LogP contribution < -0.4 is 5.32 Å². The zero-order valence-electron chi connectivity index (χ0n) is 9.93. The zero-order valence-corrected chi connectivity index (χ0v) is 13.1. The number of pyridine rings is 1. The van der Waals surface area contributed by atoms with E-state index in [1.165, 1.54) is 12.1 Å². The van der Waals surface area contributed by atoms with Crippen LogP contribution in [0.5, 0.6) is 0 Å². The van der Waals surface area contributed by atoms with Crippen molar-refractivity contribution in [3.8, 4) is 0 Å². The van der Waals surface area contributed by atoms with Crippen molar-refractivity contribution < 1.29 is 14.7 Å². The minimum Gasteiger partial charge on any atom is -0.478 e. The van der Waals surface area contributed by atoms with Gasteiger partial charge in [-0.05, 0) is 56.1 Å². The van der Waals surface area contributed by atoms with E-state index in [4.69, 9.17) is 5.11 Å². The molecule has 5 nitrogen and oxygen atoms in total. The van der Waals surface area contributed by atoms with Crippen LogP contribution in [0, 0.1) is 0 Å². The summed E-state index contributed by atoms with van der Waals surface area (Å²) in [5.41, 5.74) is 0.753. The summed E-state index contributed by atoms with van der Waals surface area (Å²) in [4.78, 5) is 26.6. The number of nitrogens with zero attached hydrogens (tertiary/aromatic N) is 1. The third-order valence-corrected chi connectivity index (χ3v) is 3.77. The summed E-state index contributed by atoms with van der Waals surface area (Å²) in [6.45, 7) is 0. The number of anilines is 1. The van der Waals surface area contributed by atoms with E-state index in [1.54, 1.807) is 12.1 Å². The first-order valence-electron chi connectivity index (χ1n) is 5.44. The fraction of sp³-hybridized carbons (Fsp3) is 0. The number of carboxylic acids is 1. The van der Waals surface area contributed by atoms with Crippen molar-refractivity contribution in [1.29, 1.82) is 0 Å². The highest BCUT2D eigenvalue weighted by Gasteiger charge is 2.13. The number of amides is 1. The number of aromatic nitrogens is 1. The molecule has 2 aromatic rings. The van der Waals surface area contributed by atoms with Gasteiger partial charge in [-0.2, -0.15) is 0 Å². The first-order chi connectivity index (χ1) is 9.49. The first-order valence-corrected chi connectivity index (χ1v) is 7.02. The number of carbonyl (C=O) groups excluding carboxylic acids is 1. The Labute approximate surface area is 131 Å². The number of carbonyl (C=O) groups is 2. The number of aromatic carboxylic acids is 1. The number of halogens is 2. The van der Waals surface area contributed by atoms with E-state index in [9.17, 15) is 9.59 Å². The van der Waals surface area contributed by atoms with Gasteiger partial charge in [-0.15, -0.1) is 0 Å². The zero-order chi connectivity index (χ0) is 14.7. The summed E-state index contributed by atoms with van der Waals surface area (Å²) >= 11 is 6.67. The molecular weight excluding hydrogens is 392 g/mol. The SMILES string of the molecule is O=C(O)c1ccc(C(=O)Nc2c(Br)cccc2Br)nc1. The van der Waals surface area contributed by atoms with Crippen molar-refractivity contribution in [2.24, 2.45) is 0 Å². The van der Waals surface area contributed by atoms with Gasteiger partial charge < -0.3 is 10.4 Å².